The van der Waals surface area contributed by atoms with Gasteiger partial charge in [-0.05, 0) is 0 Å². The minimum atomic E-state index is -1.55. The summed E-state index contributed by atoms with van der Waals surface area (Å²) in [5.41, 5.74) is 0. The average molecular weight is 171 g/mol. The number of alkyl halides is 1. The van der Waals surface area contributed by atoms with Gasteiger partial charge in [0.05, 0.1) is 18.6 Å². The molecule has 2 atom stereocenters. The lowest BCUT2D eigenvalue weighted by Crippen LogP contribution is -2.25. The minimum absolute atomic E-state index is 0.0961. The van der Waals surface area contributed by atoms with Crippen LogP contribution in [0.2, 0.25) is 0 Å². The molecule has 1 aliphatic rings. The monoisotopic (exact) mass is 170 g/mol. The molecule has 1 heterocycles. The largest absolute Gasteiger partial charge is 0.304 e. The Morgan fingerprint density at radius 3 is 3.00 bits per heavy atom. The molecule has 0 bridgehead atoms. The molecule has 0 amide bonds. The molecule has 1 rings (SSSR count). The van der Waals surface area contributed by atoms with E-state index in [-0.39, 0.29) is 6.10 Å². The standard InChI is InChI=1S/C4H7ClO3S/c5-3-4-1-2-7-9(6)8-4/h4H,1-3H2/t4-,9-/m0/s1. The number of hydrogen-bond acceptors (Lipinski definition) is 3. The summed E-state index contributed by atoms with van der Waals surface area (Å²) in [4.78, 5) is 0. The predicted octanol–water partition coefficient (Wildman–Crippen LogP) is 0.609. The lowest BCUT2D eigenvalue weighted by Gasteiger charge is -2.17. The maximum Gasteiger partial charge on any atom is 0.304 e. The van der Waals surface area contributed by atoms with Gasteiger partial charge < -0.3 is 0 Å². The molecule has 9 heavy (non-hydrogen) atoms. The van der Waals surface area contributed by atoms with E-state index in [0.29, 0.717) is 12.5 Å². The van der Waals surface area contributed by atoms with Crippen molar-refractivity contribution in [3.63, 3.8) is 0 Å². The predicted molar refractivity (Wildman–Crippen MR) is 34.3 cm³/mol. The van der Waals surface area contributed by atoms with Crippen LogP contribution in [-0.4, -0.2) is 22.8 Å². The van der Waals surface area contributed by atoms with Crippen molar-refractivity contribution in [2.75, 3.05) is 12.5 Å². The average Bonchev–Trinajstić information content (AvgIpc) is 1.88. The quantitative estimate of drug-likeness (QED) is 0.541. The molecule has 0 aliphatic carbocycles. The Labute approximate surface area is 61.2 Å². The zero-order valence-electron chi connectivity index (χ0n) is 4.71. The fourth-order valence-corrected chi connectivity index (χ4v) is 1.50. The van der Waals surface area contributed by atoms with Gasteiger partial charge in [0.25, 0.3) is 0 Å². The first-order valence-corrected chi connectivity index (χ1v) is 4.14. The third-order valence-electron chi connectivity index (χ3n) is 1.01. The van der Waals surface area contributed by atoms with Gasteiger partial charge in [0.2, 0.25) is 0 Å². The Balaban J connectivity index is 2.32. The molecule has 1 saturated heterocycles. The number of halogens is 1. The maximum atomic E-state index is 10.4. The van der Waals surface area contributed by atoms with Crippen LogP contribution < -0.4 is 0 Å². The van der Waals surface area contributed by atoms with Crippen LogP contribution in [0.4, 0.5) is 0 Å². The Morgan fingerprint density at radius 2 is 2.56 bits per heavy atom. The first kappa shape index (κ1) is 7.47. The van der Waals surface area contributed by atoms with E-state index < -0.39 is 11.4 Å². The summed E-state index contributed by atoms with van der Waals surface area (Å²) in [5, 5.41) is 0. The van der Waals surface area contributed by atoms with Crippen LogP contribution in [0, 0.1) is 0 Å². The molecule has 0 spiro atoms. The van der Waals surface area contributed by atoms with Crippen molar-refractivity contribution in [3.8, 4) is 0 Å². The second kappa shape index (κ2) is 3.51. The van der Waals surface area contributed by atoms with Crippen molar-refractivity contribution in [2.45, 2.75) is 12.5 Å². The molecule has 0 N–H and O–H groups in total. The van der Waals surface area contributed by atoms with E-state index in [0.717, 1.165) is 6.42 Å². The Morgan fingerprint density at radius 1 is 1.78 bits per heavy atom. The molecule has 0 saturated carbocycles. The Bertz CT molecular complexity index is 118. The van der Waals surface area contributed by atoms with Crippen LogP contribution in [0.5, 0.6) is 0 Å². The van der Waals surface area contributed by atoms with E-state index in [1.165, 1.54) is 0 Å². The van der Waals surface area contributed by atoms with E-state index in [1.807, 2.05) is 0 Å². The van der Waals surface area contributed by atoms with Gasteiger partial charge in [0, 0.05) is 6.42 Å². The van der Waals surface area contributed by atoms with Gasteiger partial charge in [-0.15, -0.1) is 11.6 Å². The topological polar surface area (TPSA) is 35.5 Å². The molecule has 0 radical (unpaired) electrons. The van der Waals surface area contributed by atoms with Crippen molar-refractivity contribution in [1.29, 1.82) is 0 Å². The van der Waals surface area contributed by atoms with E-state index in [9.17, 15) is 4.21 Å². The highest BCUT2D eigenvalue weighted by molar-refractivity contribution is 7.75. The number of rotatable bonds is 1. The van der Waals surface area contributed by atoms with Crippen LogP contribution in [0.1, 0.15) is 6.42 Å². The molecular formula is C4H7ClO3S. The van der Waals surface area contributed by atoms with Gasteiger partial charge in [0.1, 0.15) is 0 Å². The van der Waals surface area contributed by atoms with Gasteiger partial charge in [-0.25, -0.2) is 0 Å². The summed E-state index contributed by atoms with van der Waals surface area (Å²) in [6, 6.07) is 0. The van der Waals surface area contributed by atoms with Gasteiger partial charge >= 0.3 is 11.4 Å². The van der Waals surface area contributed by atoms with Crippen LogP contribution in [0.3, 0.4) is 0 Å². The summed E-state index contributed by atoms with van der Waals surface area (Å²) >= 11 is 3.88. The van der Waals surface area contributed by atoms with E-state index in [4.69, 9.17) is 15.8 Å². The zero-order chi connectivity index (χ0) is 6.69. The van der Waals surface area contributed by atoms with E-state index >= 15 is 0 Å². The molecule has 5 heteroatoms. The summed E-state index contributed by atoms with van der Waals surface area (Å²) in [5.74, 6) is 0.384. The van der Waals surface area contributed by atoms with Crippen LogP contribution in [-0.2, 0) is 19.7 Å². The molecule has 0 unspecified atom stereocenters. The highest BCUT2D eigenvalue weighted by atomic mass is 35.5. The molecule has 0 aromatic carbocycles. The first-order chi connectivity index (χ1) is 4.33. The molecular weight excluding hydrogens is 164 g/mol. The molecule has 3 nitrogen and oxygen atoms in total. The van der Waals surface area contributed by atoms with Crippen molar-refractivity contribution in [1.82, 2.24) is 0 Å². The molecule has 1 fully saturated rings. The fraction of sp³-hybridized carbons (Fsp3) is 1.00. The molecule has 0 aromatic rings. The fourth-order valence-electron chi connectivity index (χ4n) is 0.537. The van der Waals surface area contributed by atoms with Gasteiger partial charge in [0.15, 0.2) is 0 Å². The van der Waals surface area contributed by atoms with Crippen molar-refractivity contribution in [2.24, 2.45) is 0 Å². The normalized spacial score (nSPS) is 36.6. The van der Waals surface area contributed by atoms with Crippen LogP contribution in [0.25, 0.3) is 0 Å². The SMILES string of the molecule is O=[S@]1OCC[C@@H](CCl)O1. The maximum absolute atomic E-state index is 10.4. The zero-order valence-corrected chi connectivity index (χ0v) is 6.28. The lowest BCUT2D eigenvalue weighted by atomic mass is 10.3. The molecule has 0 aromatic heterocycles. The highest BCUT2D eigenvalue weighted by Crippen LogP contribution is 2.10. The summed E-state index contributed by atoms with van der Waals surface area (Å²) in [6.07, 6.45) is 0.635. The molecule has 54 valence electrons. The van der Waals surface area contributed by atoms with Gasteiger partial charge in [-0.3, -0.25) is 8.37 Å². The van der Waals surface area contributed by atoms with E-state index in [2.05, 4.69) is 4.18 Å². The summed E-state index contributed by atoms with van der Waals surface area (Å²) < 4.78 is 19.8. The number of hydrogen-bond donors (Lipinski definition) is 0. The second-order valence-electron chi connectivity index (χ2n) is 1.69. The third-order valence-corrected chi connectivity index (χ3v) is 2.14. The van der Waals surface area contributed by atoms with Crippen molar-refractivity contribution < 1.29 is 12.6 Å². The lowest BCUT2D eigenvalue weighted by molar-refractivity contribution is 0.127. The smallest absolute Gasteiger partial charge is 0.268 e. The summed E-state index contributed by atoms with van der Waals surface area (Å²) in [7, 11) is 0. The van der Waals surface area contributed by atoms with Gasteiger partial charge in [-0.2, -0.15) is 4.21 Å². The summed E-state index contributed by atoms with van der Waals surface area (Å²) in [6.45, 7) is 0.476. The first-order valence-electron chi connectivity index (χ1n) is 2.61. The van der Waals surface area contributed by atoms with Crippen molar-refractivity contribution in [3.05, 3.63) is 0 Å². The van der Waals surface area contributed by atoms with Gasteiger partial charge in [-0.1, -0.05) is 0 Å². The highest BCUT2D eigenvalue weighted by Gasteiger charge is 2.18. The minimum Gasteiger partial charge on any atom is -0.268 e. The Kier molecular flexibility index (Phi) is 2.91. The Hall–Kier alpha value is 0.360. The van der Waals surface area contributed by atoms with E-state index in [1.54, 1.807) is 0 Å². The third kappa shape index (κ3) is 2.21. The van der Waals surface area contributed by atoms with Crippen LogP contribution in [0.15, 0.2) is 0 Å². The van der Waals surface area contributed by atoms with Crippen LogP contribution >= 0.6 is 11.6 Å². The second-order valence-corrected chi connectivity index (χ2v) is 2.83. The van der Waals surface area contributed by atoms with Crippen molar-refractivity contribution >= 4 is 23.0 Å². The molecule has 1 aliphatic heterocycles.